The lowest BCUT2D eigenvalue weighted by Crippen LogP contribution is -2.49. The smallest absolute Gasteiger partial charge is 0.252 e. The summed E-state index contributed by atoms with van der Waals surface area (Å²) in [6, 6.07) is 29.3. The molecule has 1 amide bonds. The molecule has 240 valence electrons. The van der Waals surface area contributed by atoms with Gasteiger partial charge in [0.2, 0.25) is 5.90 Å². The summed E-state index contributed by atoms with van der Waals surface area (Å²) in [7, 11) is -2.25. The van der Waals surface area contributed by atoms with Crippen molar-refractivity contribution in [1.82, 2.24) is 5.32 Å². The molecule has 4 aromatic carbocycles. The Morgan fingerprint density at radius 1 is 0.978 bits per heavy atom. The number of hydrogen-bond acceptors (Lipinski definition) is 8. The van der Waals surface area contributed by atoms with E-state index in [-0.39, 0.29) is 36.1 Å². The molecule has 9 nitrogen and oxygen atoms in total. The third kappa shape index (κ3) is 7.70. The number of sulfone groups is 1. The predicted octanol–water partition coefficient (Wildman–Crippen LogP) is 5.55. The molecule has 1 aliphatic rings. The molecule has 2 atom stereocenters. The fourth-order valence-corrected chi connectivity index (χ4v) is 6.66. The van der Waals surface area contributed by atoms with Crippen LogP contribution in [0, 0.1) is 0 Å². The predicted molar refractivity (Wildman–Crippen MR) is 176 cm³/mol. The summed E-state index contributed by atoms with van der Waals surface area (Å²) in [5.74, 6) is 0.488. The summed E-state index contributed by atoms with van der Waals surface area (Å²) in [5, 5.41) is 12.6. The van der Waals surface area contributed by atoms with Crippen molar-refractivity contribution in [3.63, 3.8) is 0 Å². The zero-order valence-electron chi connectivity index (χ0n) is 25.3. The Bertz CT molecular complexity index is 1770. The first-order chi connectivity index (χ1) is 22.2. The SMILES string of the molecule is COc1cccc([C@H]2OC(c3ccc(OCCCO)cc3)=N[C@@]2(CCS(=O)(=O)c2ccccc2)C(=O)NCc2ccc(Cl)cc2)c1. The summed E-state index contributed by atoms with van der Waals surface area (Å²) >= 11 is 6.06. The van der Waals surface area contributed by atoms with Crippen molar-refractivity contribution in [1.29, 1.82) is 0 Å². The molecule has 0 saturated heterocycles. The molecule has 11 heteroatoms. The summed E-state index contributed by atoms with van der Waals surface area (Å²) in [5.41, 5.74) is 0.330. The standard InChI is InChI=1S/C35H35ClN2O7S/c1-43-30-8-5-7-27(23-30)32-35(19-22-46(41,42)31-9-3-2-4-10-31,34(40)37-24-25-11-15-28(36)16-12-25)38-33(45-32)26-13-17-29(18-14-26)44-21-6-20-39/h2-5,7-18,23,32,39H,6,19-22,24H2,1H3,(H,37,40)/t32-,35-/m1/s1. The van der Waals surface area contributed by atoms with Crippen LogP contribution in [0.5, 0.6) is 11.5 Å². The molecule has 0 saturated carbocycles. The normalized spacial score (nSPS) is 17.5. The molecule has 4 aromatic rings. The summed E-state index contributed by atoms with van der Waals surface area (Å²) < 4.78 is 44.7. The van der Waals surface area contributed by atoms with Crippen LogP contribution in [0.2, 0.25) is 5.02 Å². The minimum absolute atomic E-state index is 0.0244. The highest BCUT2D eigenvalue weighted by Gasteiger charge is 2.53. The van der Waals surface area contributed by atoms with E-state index >= 15 is 0 Å². The van der Waals surface area contributed by atoms with Gasteiger partial charge in [-0.25, -0.2) is 13.4 Å². The number of benzene rings is 4. The third-order valence-electron chi connectivity index (χ3n) is 7.65. The monoisotopic (exact) mass is 662 g/mol. The van der Waals surface area contributed by atoms with E-state index in [0.717, 1.165) is 5.56 Å². The Labute approximate surface area is 273 Å². The molecular formula is C35H35ClN2O7S. The second-order valence-corrected chi connectivity index (χ2v) is 13.3. The van der Waals surface area contributed by atoms with Gasteiger partial charge in [-0.3, -0.25) is 4.79 Å². The summed E-state index contributed by atoms with van der Waals surface area (Å²) in [6.45, 7) is 0.549. The Balaban J connectivity index is 1.55. The second-order valence-electron chi connectivity index (χ2n) is 10.8. The van der Waals surface area contributed by atoms with E-state index in [1.165, 1.54) is 12.1 Å². The zero-order valence-corrected chi connectivity index (χ0v) is 26.8. The van der Waals surface area contributed by atoms with E-state index in [4.69, 9.17) is 35.9 Å². The molecule has 46 heavy (non-hydrogen) atoms. The number of methoxy groups -OCH3 is 1. The second kappa shape index (κ2) is 14.8. The maximum Gasteiger partial charge on any atom is 0.252 e. The number of ether oxygens (including phenoxy) is 3. The van der Waals surface area contributed by atoms with Crippen LogP contribution in [0.4, 0.5) is 0 Å². The van der Waals surface area contributed by atoms with Crippen LogP contribution in [0.25, 0.3) is 0 Å². The van der Waals surface area contributed by atoms with Crippen molar-refractivity contribution in [2.45, 2.75) is 35.9 Å². The third-order valence-corrected chi connectivity index (χ3v) is 9.63. The van der Waals surface area contributed by atoms with Gasteiger partial charge in [0.25, 0.3) is 5.91 Å². The van der Waals surface area contributed by atoms with Gasteiger partial charge in [-0.15, -0.1) is 0 Å². The van der Waals surface area contributed by atoms with Crippen LogP contribution in [0.3, 0.4) is 0 Å². The van der Waals surface area contributed by atoms with Crippen LogP contribution in [0.15, 0.2) is 113 Å². The lowest BCUT2D eigenvalue weighted by molar-refractivity contribution is -0.129. The molecule has 0 fully saturated rings. The first-order valence-electron chi connectivity index (χ1n) is 14.8. The number of aliphatic hydroxyl groups is 1. The van der Waals surface area contributed by atoms with Crippen molar-refractivity contribution in [3.05, 3.63) is 125 Å². The molecule has 2 N–H and O–H groups in total. The van der Waals surface area contributed by atoms with Gasteiger partial charge in [0.05, 0.1) is 24.4 Å². The van der Waals surface area contributed by atoms with E-state index < -0.39 is 27.4 Å². The van der Waals surface area contributed by atoms with Gasteiger partial charge in [-0.2, -0.15) is 0 Å². The van der Waals surface area contributed by atoms with Crippen molar-refractivity contribution in [3.8, 4) is 11.5 Å². The Hall–Kier alpha value is -4.38. The van der Waals surface area contributed by atoms with Gasteiger partial charge in [0, 0.05) is 36.6 Å². The van der Waals surface area contributed by atoms with E-state index in [9.17, 15) is 13.2 Å². The van der Waals surface area contributed by atoms with Gasteiger partial charge >= 0.3 is 0 Å². The number of amides is 1. The minimum atomic E-state index is -3.79. The van der Waals surface area contributed by atoms with Gasteiger partial charge in [0.15, 0.2) is 21.5 Å². The Morgan fingerprint density at radius 2 is 1.72 bits per heavy atom. The number of aliphatic hydroxyl groups excluding tert-OH is 1. The maximum absolute atomic E-state index is 14.4. The van der Waals surface area contributed by atoms with E-state index in [2.05, 4.69) is 5.32 Å². The molecular weight excluding hydrogens is 628 g/mol. The summed E-state index contributed by atoms with van der Waals surface area (Å²) in [6.07, 6.45) is -0.640. The molecule has 0 bridgehead atoms. The molecule has 1 aliphatic heterocycles. The fraction of sp³-hybridized carbons (Fsp3) is 0.257. The molecule has 0 spiro atoms. The highest BCUT2D eigenvalue weighted by atomic mass is 35.5. The zero-order chi connectivity index (χ0) is 32.6. The molecule has 1 heterocycles. The highest BCUT2D eigenvalue weighted by Crippen LogP contribution is 2.44. The first-order valence-corrected chi connectivity index (χ1v) is 16.8. The topological polar surface area (TPSA) is 124 Å². The Kier molecular flexibility index (Phi) is 10.6. The van der Waals surface area contributed by atoms with E-state index in [0.29, 0.717) is 40.7 Å². The number of hydrogen-bond donors (Lipinski definition) is 2. The van der Waals surface area contributed by atoms with Gasteiger partial charge < -0.3 is 24.6 Å². The molecule has 0 aromatic heterocycles. The lowest BCUT2D eigenvalue weighted by atomic mass is 9.85. The number of nitrogens with zero attached hydrogens (tertiary/aromatic N) is 1. The van der Waals surface area contributed by atoms with Gasteiger partial charge in [-0.05, 0) is 71.8 Å². The van der Waals surface area contributed by atoms with Crippen LogP contribution in [-0.4, -0.2) is 56.9 Å². The van der Waals surface area contributed by atoms with Gasteiger partial charge in [-0.1, -0.05) is 54.1 Å². The average molecular weight is 663 g/mol. The van der Waals surface area contributed by atoms with Crippen LogP contribution < -0.4 is 14.8 Å². The summed E-state index contributed by atoms with van der Waals surface area (Å²) in [4.78, 5) is 19.5. The van der Waals surface area contributed by atoms with Crippen LogP contribution >= 0.6 is 11.6 Å². The highest BCUT2D eigenvalue weighted by molar-refractivity contribution is 7.91. The van der Waals surface area contributed by atoms with Crippen molar-refractivity contribution in [2.75, 3.05) is 26.1 Å². The largest absolute Gasteiger partial charge is 0.497 e. The minimum Gasteiger partial charge on any atom is -0.497 e. The number of rotatable bonds is 14. The quantitative estimate of drug-likeness (QED) is 0.170. The van der Waals surface area contributed by atoms with E-state index in [1.54, 1.807) is 98.1 Å². The average Bonchev–Trinajstić information content (AvgIpc) is 3.49. The fourth-order valence-electron chi connectivity index (χ4n) is 5.15. The first kappa shape index (κ1) is 33.0. The van der Waals surface area contributed by atoms with Crippen molar-refractivity contribution >= 4 is 33.2 Å². The van der Waals surface area contributed by atoms with Crippen LogP contribution in [-0.2, 0) is 25.9 Å². The number of nitrogens with one attached hydrogen (secondary N) is 1. The van der Waals surface area contributed by atoms with E-state index in [1.807, 2.05) is 0 Å². The van der Waals surface area contributed by atoms with Crippen LogP contribution in [0.1, 0.15) is 35.6 Å². The van der Waals surface area contributed by atoms with Crippen molar-refractivity contribution in [2.24, 2.45) is 4.99 Å². The lowest BCUT2D eigenvalue weighted by Gasteiger charge is -2.30. The number of carbonyl (C=O) groups is 1. The van der Waals surface area contributed by atoms with Gasteiger partial charge in [0.1, 0.15) is 11.5 Å². The maximum atomic E-state index is 14.4. The molecule has 0 unspecified atom stereocenters. The molecule has 0 radical (unpaired) electrons. The Morgan fingerprint density at radius 3 is 2.41 bits per heavy atom. The number of halogens is 1. The van der Waals surface area contributed by atoms with Crippen molar-refractivity contribution < 1.29 is 32.5 Å². The number of aliphatic imine (C=N–C) groups is 1. The molecule has 5 rings (SSSR count). The molecule has 0 aliphatic carbocycles. The number of carbonyl (C=O) groups excluding carboxylic acids is 1.